The van der Waals surface area contributed by atoms with Crippen LogP contribution in [0.3, 0.4) is 0 Å². The second-order valence-electron chi connectivity index (χ2n) is 6.34. The number of rotatable bonds is 6. The highest BCUT2D eigenvalue weighted by Crippen LogP contribution is 2.24. The molecule has 0 saturated carbocycles. The van der Waals surface area contributed by atoms with Crippen LogP contribution in [0.2, 0.25) is 0 Å². The van der Waals surface area contributed by atoms with E-state index in [-0.39, 0.29) is 17.9 Å². The van der Waals surface area contributed by atoms with Crippen LogP contribution in [0.1, 0.15) is 29.3 Å². The Balaban J connectivity index is 1.85. The van der Waals surface area contributed by atoms with E-state index in [1.54, 1.807) is 23.6 Å². The molecule has 3 heterocycles. The summed E-state index contributed by atoms with van der Waals surface area (Å²) in [7, 11) is -7.03. The molecular formula is C16H20N2O4S3. The van der Waals surface area contributed by atoms with Gasteiger partial charge in [0, 0.05) is 6.20 Å². The molecule has 0 spiro atoms. The lowest BCUT2D eigenvalue weighted by Crippen LogP contribution is -2.38. The van der Waals surface area contributed by atoms with E-state index in [0.717, 1.165) is 11.1 Å². The van der Waals surface area contributed by atoms with E-state index in [2.05, 4.69) is 9.71 Å². The number of hydrogen-bond acceptors (Lipinski definition) is 6. The van der Waals surface area contributed by atoms with E-state index in [1.807, 2.05) is 29.8 Å². The van der Waals surface area contributed by atoms with Gasteiger partial charge in [-0.3, -0.25) is 4.98 Å². The molecule has 9 heteroatoms. The van der Waals surface area contributed by atoms with Crippen molar-refractivity contribution in [3.8, 4) is 0 Å². The predicted octanol–water partition coefficient (Wildman–Crippen LogP) is 1.84. The van der Waals surface area contributed by atoms with E-state index in [9.17, 15) is 16.8 Å². The van der Waals surface area contributed by atoms with Crippen molar-refractivity contribution in [2.45, 2.75) is 31.1 Å². The van der Waals surface area contributed by atoms with E-state index in [1.165, 1.54) is 0 Å². The fraction of sp³-hybridized carbons (Fsp3) is 0.438. The summed E-state index contributed by atoms with van der Waals surface area (Å²) in [6, 6.07) is 5.11. The molecule has 2 aromatic heterocycles. The Morgan fingerprint density at radius 3 is 2.72 bits per heavy atom. The smallest absolute Gasteiger partial charge is 0.216 e. The van der Waals surface area contributed by atoms with Gasteiger partial charge < -0.3 is 0 Å². The summed E-state index contributed by atoms with van der Waals surface area (Å²) in [5, 5.41) is 3.01. The zero-order valence-electron chi connectivity index (χ0n) is 13.8. The number of sulfone groups is 1. The first kappa shape index (κ1) is 18.5. The van der Waals surface area contributed by atoms with Crippen molar-refractivity contribution in [1.82, 2.24) is 9.71 Å². The maximum Gasteiger partial charge on any atom is 0.216 e. The minimum Gasteiger partial charge on any atom is -0.259 e. The van der Waals surface area contributed by atoms with Gasteiger partial charge in [0.1, 0.15) is 0 Å². The Hall–Kier alpha value is -1.29. The zero-order valence-corrected chi connectivity index (χ0v) is 16.2. The Kier molecular flexibility index (Phi) is 5.29. The van der Waals surface area contributed by atoms with E-state index in [4.69, 9.17) is 0 Å². The lowest BCUT2D eigenvalue weighted by atomic mass is 10.1. The third kappa shape index (κ3) is 4.66. The van der Waals surface area contributed by atoms with Crippen LogP contribution in [0, 0.1) is 6.92 Å². The summed E-state index contributed by atoms with van der Waals surface area (Å²) in [5.41, 5.74) is 2.63. The molecule has 1 N–H and O–H groups in total. The van der Waals surface area contributed by atoms with Crippen molar-refractivity contribution in [3.63, 3.8) is 0 Å². The molecular weight excluding hydrogens is 380 g/mol. The Bertz CT molecular complexity index is 920. The average Bonchev–Trinajstić information content (AvgIpc) is 3.17. The number of pyridine rings is 1. The van der Waals surface area contributed by atoms with Gasteiger partial charge in [-0.25, -0.2) is 21.6 Å². The van der Waals surface area contributed by atoms with Crippen LogP contribution in [0.4, 0.5) is 0 Å². The minimum atomic E-state index is -3.76. The van der Waals surface area contributed by atoms with Crippen LogP contribution in [0.15, 0.2) is 35.2 Å². The molecule has 2 atom stereocenters. The van der Waals surface area contributed by atoms with Gasteiger partial charge >= 0.3 is 0 Å². The average molecular weight is 401 g/mol. The quantitative estimate of drug-likeness (QED) is 0.799. The Morgan fingerprint density at radius 1 is 1.36 bits per heavy atom. The molecule has 2 aromatic rings. The van der Waals surface area contributed by atoms with E-state index in [0.29, 0.717) is 12.1 Å². The van der Waals surface area contributed by atoms with Gasteiger partial charge in [-0.2, -0.15) is 11.3 Å². The van der Waals surface area contributed by atoms with Crippen LogP contribution in [0.5, 0.6) is 0 Å². The summed E-state index contributed by atoms with van der Waals surface area (Å²) in [6.07, 6.45) is 2.31. The van der Waals surface area contributed by atoms with Gasteiger partial charge in [0.05, 0.1) is 28.5 Å². The fourth-order valence-corrected chi connectivity index (χ4v) is 7.77. The van der Waals surface area contributed by atoms with Crippen molar-refractivity contribution in [2.75, 3.05) is 11.5 Å². The summed E-state index contributed by atoms with van der Waals surface area (Å²) >= 11 is 1.55. The van der Waals surface area contributed by atoms with Crippen molar-refractivity contribution in [2.24, 2.45) is 0 Å². The Morgan fingerprint density at radius 2 is 2.16 bits per heavy atom. The van der Waals surface area contributed by atoms with E-state index < -0.39 is 31.2 Å². The molecule has 6 nitrogen and oxygen atoms in total. The van der Waals surface area contributed by atoms with Gasteiger partial charge in [-0.15, -0.1) is 0 Å². The predicted molar refractivity (Wildman–Crippen MR) is 98.9 cm³/mol. The molecule has 0 radical (unpaired) electrons. The van der Waals surface area contributed by atoms with Crippen LogP contribution < -0.4 is 4.72 Å². The number of thiophene rings is 1. The first-order valence-electron chi connectivity index (χ1n) is 7.90. The summed E-state index contributed by atoms with van der Waals surface area (Å²) in [5.74, 6) is -0.384. The molecule has 0 aromatic carbocycles. The van der Waals surface area contributed by atoms with Crippen LogP contribution in [-0.2, 0) is 26.3 Å². The van der Waals surface area contributed by atoms with Crippen LogP contribution in [0.25, 0.3) is 0 Å². The normalized spacial score (nSPS) is 21.2. The van der Waals surface area contributed by atoms with Gasteiger partial charge in [-0.1, -0.05) is 6.07 Å². The van der Waals surface area contributed by atoms with Gasteiger partial charge in [-0.05, 0) is 53.8 Å². The number of hydrogen-bond donors (Lipinski definition) is 1. The SMILES string of the molecule is Cc1ccc(C(Cc2ccsc2)NS(=O)(=O)C2CCS(=O)(=O)C2)nc1. The zero-order chi connectivity index (χ0) is 18.1. The van der Waals surface area contributed by atoms with Crippen LogP contribution >= 0.6 is 11.3 Å². The first-order chi connectivity index (χ1) is 11.8. The monoisotopic (exact) mass is 400 g/mol. The number of sulfonamides is 1. The second kappa shape index (κ2) is 7.14. The standard InChI is InChI=1S/C16H20N2O4S3/c1-12-2-3-15(17-9-12)16(8-13-4-6-23-10-13)18-25(21,22)14-5-7-24(19,20)11-14/h2-4,6,9-10,14,16,18H,5,7-8,11H2,1H3. The Labute approximate surface area is 152 Å². The highest BCUT2D eigenvalue weighted by atomic mass is 32.2. The molecule has 3 rings (SSSR count). The molecule has 0 aliphatic carbocycles. The molecule has 25 heavy (non-hydrogen) atoms. The van der Waals surface area contributed by atoms with Crippen molar-refractivity contribution < 1.29 is 16.8 Å². The largest absolute Gasteiger partial charge is 0.259 e. The molecule has 2 unspecified atom stereocenters. The van der Waals surface area contributed by atoms with Crippen LogP contribution in [-0.4, -0.2) is 38.6 Å². The molecule has 0 amide bonds. The summed E-state index contributed by atoms with van der Waals surface area (Å²) in [4.78, 5) is 4.36. The molecule has 1 aliphatic heterocycles. The maximum absolute atomic E-state index is 12.7. The van der Waals surface area contributed by atoms with Crippen molar-refractivity contribution in [1.29, 1.82) is 0 Å². The molecule has 0 bridgehead atoms. The molecule has 136 valence electrons. The number of nitrogens with zero attached hydrogens (tertiary/aromatic N) is 1. The van der Waals surface area contributed by atoms with Gasteiger partial charge in [0.15, 0.2) is 9.84 Å². The molecule has 1 aliphatic rings. The van der Waals surface area contributed by atoms with Crippen molar-refractivity contribution in [3.05, 3.63) is 52.0 Å². The molecule has 1 fully saturated rings. The minimum absolute atomic E-state index is 0.0729. The highest BCUT2D eigenvalue weighted by Gasteiger charge is 2.38. The first-order valence-corrected chi connectivity index (χ1v) is 12.2. The van der Waals surface area contributed by atoms with E-state index >= 15 is 0 Å². The third-order valence-electron chi connectivity index (χ3n) is 4.25. The van der Waals surface area contributed by atoms with Gasteiger partial charge in [0.2, 0.25) is 10.0 Å². The highest BCUT2D eigenvalue weighted by molar-refractivity contribution is 7.95. The number of aromatic nitrogens is 1. The second-order valence-corrected chi connectivity index (χ2v) is 11.3. The third-order valence-corrected chi connectivity index (χ3v) is 8.85. The fourth-order valence-electron chi connectivity index (χ4n) is 2.84. The summed E-state index contributed by atoms with van der Waals surface area (Å²) < 4.78 is 51.4. The topological polar surface area (TPSA) is 93.2 Å². The lowest BCUT2D eigenvalue weighted by molar-refractivity contribution is 0.539. The van der Waals surface area contributed by atoms with Gasteiger partial charge in [0.25, 0.3) is 0 Å². The lowest BCUT2D eigenvalue weighted by Gasteiger charge is -2.20. The number of nitrogens with one attached hydrogen (secondary N) is 1. The number of aryl methyl sites for hydroxylation is 1. The summed E-state index contributed by atoms with van der Waals surface area (Å²) in [6.45, 7) is 1.91. The van der Waals surface area contributed by atoms with Crippen molar-refractivity contribution >= 4 is 31.2 Å². The molecule has 1 saturated heterocycles. The maximum atomic E-state index is 12.7.